The standard InChI is InChI=1S/C6H12N2O2/c9-5-1-7(2-5)8-3-6(10)4-8/h5-6,9-10H,1-4H2. The lowest BCUT2D eigenvalue weighted by atomic mass is 10.1. The van der Waals surface area contributed by atoms with E-state index in [1.54, 1.807) is 0 Å². The number of hydrogen-bond donors (Lipinski definition) is 2. The topological polar surface area (TPSA) is 46.9 Å². The molecule has 0 aromatic heterocycles. The second-order valence-corrected chi connectivity index (χ2v) is 3.05. The van der Waals surface area contributed by atoms with Crippen molar-refractivity contribution < 1.29 is 10.2 Å². The molecule has 2 aliphatic heterocycles. The normalized spacial score (nSPS) is 31.8. The Balaban J connectivity index is 1.72. The van der Waals surface area contributed by atoms with Gasteiger partial charge in [0, 0.05) is 26.2 Å². The Morgan fingerprint density at radius 2 is 1.10 bits per heavy atom. The molecule has 0 saturated carbocycles. The van der Waals surface area contributed by atoms with Gasteiger partial charge < -0.3 is 10.2 Å². The van der Waals surface area contributed by atoms with Gasteiger partial charge in [0.05, 0.1) is 12.2 Å². The molecule has 0 aromatic carbocycles. The lowest BCUT2D eigenvalue weighted by molar-refractivity contribution is -0.198. The Morgan fingerprint density at radius 3 is 1.30 bits per heavy atom. The van der Waals surface area contributed by atoms with Crippen LogP contribution in [0.15, 0.2) is 0 Å². The van der Waals surface area contributed by atoms with Crippen molar-refractivity contribution in [2.24, 2.45) is 0 Å². The monoisotopic (exact) mass is 144 g/mol. The molecule has 0 bridgehead atoms. The van der Waals surface area contributed by atoms with Crippen molar-refractivity contribution in [3.05, 3.63) is 0 Å². The van der Waals surface area contributed by atoms with Gasteiger partial charge in [-0.2, -0.15) is 0 Å². The molecule has 0 unspecified atom stereocenters. The number of hydrazine groups is 1. The van der Waals surface area contributed by atoms with E-state index in [2.05, 4.69) is 10.0 Å². The van der Waals surface area contributed by atoms with Crippen LogP contribution in [0, 0.1) is 0 Å². The Kier molecular flexibility index (Phi) is 1.42. The van der Waals surface area contributed by atoms with Crippen LogP contribution in [0.3, 0.4) is 0 Å². The smallest absolute Gasteiger partial charge is 0.0822 e. The van der Waals surface area contributed by atoms with Gasteiger partial charge in [0.25, 0.3) is 0 Å². The van der Waals surface area contributed by atoms with E-state index in [0.29, 0.717) is 0 Å². The number of nitrogens with zero attached hydrogens (tertiary/aromatic N) is 2. The van der Waals surface area contributed by atoms with Crippen LogP contribution in [-0.2, 0) is 0 Å². The molecule has 0 spiro atoms. The van der Waals surface area contributed by atoms with Crippen molar-refractivity contribution in [2.75, 3.05) is 26.2 Å². The van der Waals surface area contributed by atoms with Crippen molar-refractivity contribution in [3.63, 3.8) is 0 Å². The molecule has 4 nitrogen and oxygen atoms in total. The molecule has 2 rings (SSSR count). The molecule has 0 aliphatic carbocycles. The fourth-order valence-corrected chi connectivity index (χ4v) is 1.33. The minimum absolute atomic E-state index is 0.141. The minimum atomic E-state index is -0.141. The highest BCUT2D eigenvalue weighted by molar-refractivity contribution is 4.84. The predicted molar refractivity (Wildman–Crippen MR) is 35.2 cm³/mol. The van der Waals surface area contributed by atoms with Crippen LogP contribution in [0.1, 0.15) is 0 Å². The maximum Gasteiger partial charge on any atom is 0.0822 e. The molecule has 2 fully saturated rings. The van der Waals surface area contributed by atoms with Crippen LogP contribution in [0.4, 0.5) is 0 Å². The molecule has 2 saturated heterocycles. The number of hydrogen-bond acceptors (Lipinski definition) is 4. The maximum absolute atomic E-state index is 8.92. The Hall–Kier alpha value is -0.160. The minimum Gasteiger partial charge on any atom is -0.390 e. The molecule has 0 amide bonds. The van der Waals surface area contributed by atoms with Crippen LogP contribution in [-0.4, -0.2) is 58.6 Å². The molecule has 0 aromatic rings. The van der Waals surface area contributed by atoms with Crippen LogP contribution in [0.5, 0.6) is 0 Å². The lowest BCUT2D eigenvalue weighted by Crippen LogP contribution is -2.67. The third-order valence-electron chi connectivity index (χ3n) is 2.09. The molecule has 58 valence electrons. The third-order valence-corrected chi connectivity index (χ3v) is 2.09. The summed E-state index contributed by atoms with van der Waals surface area (Å²) in [5.74, 6) is 0. The average Bonchev–Trinajstić information content (AvgIpc) is 1.74. The summed E-state index contributed by atoms with van der Waals surface area (Å²) in [4.78, 5) is 0. The molecule has 0 radical (unpaired) electrons. The summed E-state index contributed by atoms with van der Waals surface area (Å²) in [5.41, 5.74) is 0. The number of aliphatic hydroxyl groups is 2. The molecule has 10 heavy (non-hydrogen) atoms. The maximum atomic E-state index is 8.92. The summed E-state index contributed by atoms with van der Waals surface area (Å²) in [6.45, 7) is 2.97. The van der Waals surface area contributed by atoms with Gasteiger partial charge in [-0.25, -0.2) is 10.0 Å². The Bertz CT molecular complexity index is 114. The van der Waals surface area contributed by atoms with E-state index in [0.717, 1.165) is 26.2 Å². The summed E-state index contributed by atoms with van der Waals surface area (Å²) >= 11 is 0. The van der Waals surface area contributed by atoms with Crippen LogP contribution >= 0.6 is 0 Å². The zero-order valence-electron chi connectivity index (χ0n) is 5.77. The Morgan fingerprint density at radius 1 is 0.800 bits per heavy atom. The Labute approximate surface area is 59.6 Å². The molecular weight excluding hydrogens is 132 g/mol. The molecule has 2 heterocycles. The highest BCUT2D eigenvalue weighted by atomic mass is 16.3. The van der Waals surface area contributed by atoms with Crippen LogP contribution < -0.4 is 0 Å². The summed E-state index contributed by atoms with van der Waals surface area (Å²) in [5, 5.41) is 22.0. The van der Waals surface area contributed by atoms with Crippen molar-refractivity contribution in [3.8, 4) is 0 Å². The summed E-state index contributed by atoms with van der Waals surface area (Å²) < 4.78 is 0. The second-order valence-electron chi connectivity index (χ2n) is 3.05. The first kappa shape index (κ1) is 6.54. The fraction of sp³-hybridized carbons (Fsp3) is 1.00. The molecule has 2 N–H and O–H groups in total. The average molecular weight is 144 g/mol. The number of β-amino-alcohol motifs (C(OH)–C–C–N with tert-alkyl or cyclic N) is 2. The quantitative estimate of drug-likeness (QED) is 0.458. The van der Waals surface area contributed by atoms with E-state index >= 15 is 0 Å². The highest BCUT2D eigenvalue weighted by Crippen LogP contribution is 2.17. The second kappa shape index (κ2) is 2.17. The van der Waals surface area contributed by atoms with Crippen molar-refractivity contribution in [1.29, 1.82) is 0 Å². The van der Waals surface area contributed by atoms with E-state index in [4.69, 9.17) is 10.2 Å². The zero-order chi connectivity index (χ0) is 7.14. The van der Waals surface area contributed by atoms with Crippen LogP contribution in [0.25, 0.3) is 0 Å². The molecule has 0 atom stereocenters. The van der Waals surface area contributed by atoms with E-state index in [-0.39, 0.29) is 12.2 Å². The molecule has 2 aliphatic rings. The van der Waals surface area contributed by atoms with Crippen LogP contribution in [0.2, 0.25) is 0 Å². The van der Waals surface area contributed by atoms with E-state index in [1.165, 1.54) is 0 Å². The summed E-state index contributed by atoms with van der Waals surface area (Å²) in [7, 11) is 0. The van der Waals surface area contributed by atoms with Gasteiger partial charge in [-0.3, -0.25) is 0 Å². The third kappa shape index (κ3) is 0.932. The molecular formula is C6H12N2O2. The van der Waals surface area contributed by atoms with Gasteiger partial charge in [0.2, 0.25) is 0 Å². The van der Waals surface area contributed by atoms with E-state index in [1.807, 2.05) is 0 Å². The first-order chi connectivity index (χ1) is 4.75. The van der Waals surface area contributed by atoms with E-state index in [9.17, 15) is 0 Å². The van der Waals surface area contributed by atoms with Gasteiger partial charge >= 0.3 is 0 Å². The fourth-order valence-electron chi connectivity index (χ4n) is 1.33. The highest BCUT2D eigenvalue weighted by Gasteiger charge is 2.36. The van der Waals surface area contributed by atoms with Crippen molar-refractivity contribution >= 4 is 0 Å². The molecule has 4 heteroatoms. The van der Waals surface area contributed by atoms with Gasteiger partial charge in [-0.15, -0.1) is 0 Å². The lowest BCUT2D eigenvalue weighted by Gasteiger charge is -2.50. The van der Waals surface area contributed by atoms with Gasteiger partial charge in [0.1, 0.15) is 0 Å². The van der Waals surface area contributed by atoms with Gasteiger partial charge in [0.15, 0.2) is 0 Å². The number of aliphatic hydroxyl groups excluding tert-OH is 2. The van der Waals surface area contributed by atoms with Crippen molar-refractivity contribution in [1.82, 2.24) is 10.0 Å². The first-order valence-electron chi connectivity index (χ1n) is 3.61. The SMILES string of the molecule is OC1CN(N2CC(O)C2)C1. The summed E-state index contributed by atoms with van der Waals surface area (Å²) in [6.07, 6.45) is -0.282. The van der Waals surface area contributed by atoms with Crippen molar-refractivity contribution in [2.45, 2.75) is 12.2 Å². The summed E-state index contributed by atoms with van der Waals surface area (Å²) in [6, 6.07) is 0. The van der Waals surface area contributed by atoms with Gasteiger partial charge in [-0.05, 0) is 0 Å². The number of rotatable bonds is 1. The largest absolute Gasteiger partial charge is 0.390 e. The zero-order valence-corrected chi connectivity index (χ0v) is 5.77. The first-order valence-corrected chi connectivity index (χ1v) is 3.61. The van der Waals surface area contributed by atoms with Gasteiger partial charge in [-0.1, -0.05) is 0 Å². The van der Waals surface area contributed by atoms with E-state index < -0.39 is 0 Å². The predicted octanol–water partition coefficient (Wildman–Crippen LogP) is -1.75.